The summed E-state index contributed by atoms with van der Waals surface area (Å²) in [5, 5.41) is 28.8. The van der Waals surface area contributed by atoms with E-state index in [0.717, 1.165) is 25.7 Å². The molecule has 2 atom stereocenters. The van der Waals surface area contributed by atoms with Crippen LogP contribution in [0.3, 0.4) is 0 Å². The fraction of sp³-hybridized carbons (Fsp3) is 0.458. The first-order chi connectivity index (χ1) is 15.8. The summed E-state index contributed by atoms with van der Waals surface area (Å²) in [6.07, 6.45) is 4.37. The molecule has 2 aromatic carbocycles. The van der Waals surface area contributed by atoms with E-state index in [1.54, 1.807) is 6.07 Å². The Kier molecular flexibility index (Phi) is 5.78. The standard InChI is InChI=1S/C24H25ClN2O5S/c25-19-11-22(32-21-8-7-17(21)13-1-2-13)20(9-16(19)12-26)27-33(30,31)23-10-15(24(28)29)5-6-18(23)14-3-4-14/h5-6,9-11,13-14,17,21,24,27-29H,1-4,7-8H2. The maximum atomic E-state index is 13.5. The lowest BCUT2D eigenvalue weighted by Crippen LogP contribution is -2.38. The average Bonchev–Trinajstić information content (AvgIpc) is 3.66. The molecule has 0 aromatic heterocycles. The minimum atomic E-state index is -4.11. The lowest BCUT2D eigenvalue weighted by Gasteiger charge is -2.37. The van der Waals surface area contributed by atoms with Crippen molar-refractivity contribution in [3.8, 4) is 11.8 Å². The minimum Gasteiger partial charge on any atom is -0.488 e. The molecule has 0 saturated heterocycles. The largest absolute Gasteiger partial charge is 0.488 e. The monoisotopic (exact) mass is 488 g/mol. The van der Waals surface area contributed by atoms with Gasteiger partial charge in [0.15, 0.2) is 6.29 Å². The van der Waals surface area contributed by atoms with Crippen molar-refractivity contribution < 1.29 is 23.4 Å². The van der Waals surface area contributed by atoms with E-state index in [4.69, 9.17) is 16.3 Å². The number of rotatable bonds is 8. The number of benzene rings is 2. The van der Waals surface area contributed by atoms with E-state index < -0.39 is 16.3 Å². The predicted molar refractivity (Wildman–Crippen MR) is 122 cm³/mol. The molecule has 3 fully saturated rings. The Morgan fingerprint density at radius 2 is 1.85 bits per heavy atom. The number of hydrogen-bond acceptors (Lipinski definition) is 6. The van der Waals surface area contributed by atoms with Gasteiger partial charge >= 0.3 is 0 Å². The number of ether oxygens (including phenoxy) is 1. The second-order valence-corrected chi connectivity index (χ2v) is 11.3. The topological polar surface area (TPSA) is 120 Å². The normalized spacial score (nSPS) is 22.5. The van der Waals surface area contributed by atoms with E-state index >= 15 is 0 Å². The molecule has 3 aliphatic rings. The number of hydrogen-bond donors (Lipinski definition) is 3. The number of nitriles is 1. The van der Waals surface area contributed by atoms with Crippen molar-refractivity contribution in [1.29, 1.82) is 5.26 Å². The SMILES string of the molecule is N#Cc1cc(NS(=O)(=O)c2cc(C(O)O)ccc2C2CC2)c(OC2CCC2C2CC2)cc1Cl. The van der Waals surface area contributed by atoms with Gasteiger partial charge in [0.05, 0.1) is 21.2 Å². The lowest BCUT2D eigenvalue weighted by molar-refractivity contribution is -0.0426. The maximum absolute atomic E-state index is 13.5. The number of aliphatic hydroxyl groups is 2. The molecule has 33 heavy (non-hydrogen) atoms. The van der Waals surface area contributed by atoms with Gasteiger partial charge in [0.1, 0.15) is 17.9 Å². The molecule has 2 unspecified atom stereocenters. The zero-order chi connectivity index (χ0) is 23.3. The van der Waals surface area contributed by atoms with E-state index in [1.807, 2.05) is 6.07 Å². The molecule has 0 aliphatic heterocycles. The van der Waals surface area contributed by atoms with Crippen molar-refractivity contribution in [3.63, 3.8) is 0 Å². The van der Waals surface area contributed by atoms with Crippen LogP contribution >= 0.6 is 11.6 Å². The Morgan fingerprint density at radius 3 is 2.42 bits per heavy atom. The molecule has 0 spiro atoms. The van der Waals surface area contributed by atoms with Gasteiger partial charge in [-0.05, 0) is 74.0 Å². The van der Waals surface area contributed by atoms with Crippen LogP contribution in [0, 0.1) is 23.2 Å². The third kappa shape index (κ3) is 4.56. The zero-order valence-electron chi connectivity index (χ0n) is 17.9. The van der Waals surface area contributed by atoms with Crippen LogP contribution in [0.15, 0.2) is 35.2 Å². The first-order valence-electron chi connectivity index (χ1n) is 11.2. The van der Waals surface area contributed by atoms with Crippen LogP contribution in [0.5, 0.6) is 5.75 Å². The number of sulfonamides is 1. The lowest BCUT2D eigenvalue weighted by atomic mass is 9.78. The van der Waals surface area contributed by atoms with E-state index in [1.165, 1.54) is 37.1 Å². The summed E-state index contributed by atoms with van der Waals surface area (Å²) in [4.78, 5) is -0.00508. The summed E-state index contributed by atoms with van der Waals surface area (Å²) in [7, 11) is -4.11. The average molecular weight is 489 g/mol. The summed E-state index contributed by atoms with van der Waals surface area (Å²) in [5.41, 5.74) is 1.01. The van der Waals surface area contributed by atoms with Gasteiger partial charge in [0, 0.05) is 11.6 Å². The molecule has 2 aromatic rings. The third-order valence-corrected chi connectivity index (χ3v) is 8.58. The highest BCUT2D eigenvalue weighted by Crippen LogP contribution is 2.49. The highest BCUT2D eigenvalue weighted by Gasteiger charge is 2.44. The molecule has 0 radical (unpaired) electrons. The fourth-order valence-corrected chi connectivity index (χ4v) is 6.15. The van der Waals surface area contributed by atoms with Gasteiger partial charge in [-0.2, -0.15) is 5.26 Å². The number of nitrogens with one attached hydrogen (secondary N) is 1. The van der Waals surface area contributed by atoms with E-state index in [2.05, 4.69) is 4.72 Å². The zero-order valence-corrected chi connectivity index (χ0v) is 19.4. The number of halogens is 1. The molecular weight excluding hydrogens is 464 g/mol. The van der Waals surface area contributed by atoms with Gasteiger partial charge in [-0.15, -0.1) is 0 Å². The van der Waals surface area contributed by atoms with Gasteiger partial charge in [-0.1, -0.05) is 23.7 Å². The molecule has 3 aliphatic carbocycles. The van der Waals surface area contributed by atoms with Crippen molar-refractivity contribution in [2.75, 3.05) is 4.72 Å². The van der Waals surface area contributed by atoms with Crippen molar-refractivity contribution in [1.82, 2.24) is 0 Å². The van der Waals surface area contributed by atoms with Crippen LogP contribution in [-0.2, 0) is 10.0 Å². The molecule has 9 heteroatoms. The Bertz CT molecular complexity index is 1230. The molecule has 174 valence electrons. The van der Waals surface area contributed by atoms with Crippen molar-refractivity contribution >= 4 is 27.3 Å². The van der Waals surface area contributed by atoms with Gasteiger partial charge < -0.3 is 14.9 Å². The van der Waals surface area contributed by atoms with Gasteiger partial charge in [-0.25, -0.2) is 8.42 Å². The molecule has 0 heterocycles. The van der Waals surface area contributed by atoms with Gasteiger partial charge in [-0.3, -0.25) is 4.72 Å². The van der Waals surface area contributed by atoms with Crippen molar-refractivity contribution in [2.24, 2.45) is 11.8 Å². The third-order valence-electron chi connectivity index (χ3n) is 6.84. The minimum absolute atomic E-state index is 0.000328. The maximum Gasteiger partial charge on any atom is 0.262 e. The summed E-state index contributed by atoms with van der Waals surface area (Å²) in [6.45, 7) is 0. The first-order valence-corrected chi connectivity index (χ1v) is 13.1. The molecule has 3 N–H and O–H groups in total. The van der Waals surface area contributed by atoms with Crippen LogP contribution in [0.4, 0.5) is 5.69 Å². The van der Waals surface area contributed by atoms with Crippen LogP contribution < -0.4 is 9.46 Å². The second-order valence-electron chi connectivity index (χ2n) is 9.23. The van der Waals surface area contributed by atoms with Crippen LogP contribution in [0.2, 0.25) is 5.02 Å². The molecular formula is C24H25ClN2O5S. The van der Waals surface area contributed by atoms with Crippen LogP contribution in [-0.4, -0.2) is 24.7 Å². The molecule has 5 rings (SSSR count). The van der Waals surface area contributed by atoms with E-state index in [-0.39, 0.29) is 38.8 Å². The number of aliphatic hydroxyl groups excluding tert-OH is 1. The van der Waals surface area contributed by atoms with Crippen molar-refractivity contribution in [3.05, 3.63) is 52.0 Å². The smallest absolute Gasteiger partial charge is 0.262 e. The fourth-order valence-electron chi connectivity index (χ4n) is 4.56. The van der Waals surface area contributed by atoms with E-state index in [9.17, 15) is 23.9 Å². The van der Waals surface area contributed by atoms with Crippen molar-refractivity contribution in [2.45, 2.75) is 61.7 Å². The molecule has 0 bridgehead atoms. The highest BCUT2D eigenvalue weighted by atomic mass is 35.5. The quantitative estimate of drug-likeness (QED) is 0.472. The Morgan fingerprint density at radius 1 is 1.09 bits per heavy atom. The van der Waals surface area contributed by atoms with Crippen LogP contribution in [0.25, 0.3) is 0 Å². The molecule has 0 amide bonds. The Balaban J connectivity index is 1.50. The molecule has 7 nitrogen and oxygen atoms in total. The number of nitrogens with zero attached hydrogens (tertiary/aromatic N) is 1. The predicted octanol–water partition coefficient (Wildman–Crippen LogP) is 4.44. The summed E-state index contributed by atoms with van der Waals surface area (Å²) < 4.78 is 35.7. The van der Waals surface area contributed by atoms with Crippen LogP contribution in [0.1, 0.15) is 67.4 Å². The number of anilines is 1. The summed E-state index contributed by atoms with van der Waals surface area (Å²) in [5.74, 6) is 1.55. The van der Waals surface area contributed by atoms with E-state index in [0.29, 0.717) is 23.1 Å². The summed E-state index contributed by atoms with van der Waals surface area (Å²) >= 11 is 6.24. The van der Waals surface area contributed by atoms with Gasteiger partial charge in [0.2, 0.25) is 0 Å². The second kappa shape index (κ2) is 8.48. The highest BCUT2D eigenvalue weighted by molar-refractivity contribution is 7.92. The first kappa shape index (κ1) is 22.5. The van der Waals surface area contributed by atoms with Gasteiger partial charge in [0.25, 0.3) is 10.0 Å². The Labute approximate surface area is 198 Å². The Hall–Kier alpha value is -2.31. The summed E-state index contributed by atoms with van der Waals surface area (Å²) in [6, 6.07) is 9.32. The molecule has 3 saturated carbocycles.